The van der Waals surface area contributed by atoms with E-state index in [0.717, 1.165) is 28.4 Å². The fourth-order valence-electron chi connectivity index (χ4n) is 3.09. The SMILES string of the molecule is CCOc1ccc(C(C)NC(=O)CCc2ccc3c(c2)OCO3)cc1OCC. The molecule has 2 aromatic rings. The topological polar surface area (TPSA) is 66.0 Å². The number of carbonyl (C=O) groups is 1. The van der Waals surface area contributed by atoms with Crippen LogP contribution in [0.5, 0.6) is 23.0 Å². The van der Waals surface area contributed by atoms with E-state index in [0.29, 0.717) is 31.8 Å². The van der Waals surface area contributed by atoms with Crippen molar-refractivity contribution in [3.05, 3.63) is 47.5 Å². The van der Waals surface area contributed by atoms with Crippen molar-refractivity contribution in [2.75, 3.05) is 20.0 Å². The molecule has 2 aromatic carbocycles. The van der Waals surface area contributed by atoms with E-state index in [1.165, 1.54) is 0 Å². The zero-order chi connectivity index (χ0) is 19.9. The predicted octanol–water partition coefficient (Wildman–Crippen LogP) is 4.02. The van der Waals surface area contributed by atoms with E-state index in [2.05, 4.69) is 5.32 Å². The first-order valence-corrected chi connectivity index (χ1v) is 9.68. The van der Waals surface area contributed by atoms with Gasteiger partial charge in [-0.05, 0) is 62.6 Å². The van der Waals surface area contributed by atoms with Crippen molar-refractivity contribution in [3.8, 4) is 23.0 Å². The van der Waals surface area contributed by atoms with Gasteiger partial charge in [0.1, 0.15) is 0 Å². The summed E-state index contributed by atoms with van der Waals surface area (Å²) in [6, 6.07) is 11.4. The average Bonchev–Trinajstić information content (AvgIpc) is 3.16. The Hall–Kier alpha value is -2.89. The molecule has 0 radical (unpaired) electrons. The van der Waals surface area contributed by atoms with Crippen molar-refractivity contribution >= 4 is 5.91 Å². The van der Waals surface area contributed by atoms with Crippen LogP contribution in [-0.4, -0.2) is 25.9 Å². The molecule has 1 N–H and O–H groups in total. The minimum Gasteiger partial charge on any atom is -0.490 e. The lowest BCUT2D eigenvalue weighted by molar-refractivity contribution is -0.121. The quantitative estimate of drug-likeness (QED) is 0.706. The van der Waals surface area contributed by atoms with Crippen LogP contribution in [-0.2, 0) is 11.2 Å². The van der Waals surface area contributed by atoms with Crippen molar-refractivity contribution in [3.63, 3.8) is 0 Å². The summed E-state index contributed by atoms with van der Waals surface area (Å²) < 4.78 is 22.0. The van der Waals surface area contributed by atoms with Crippen molar-refractivity contribution < 1.29 is 23.7 Å². The Morgan fingerprint density at radius 1 is 1.04 bits per heavy atom. The molecule has 1 atom stereocenters. The molecule has 6 heteroatoms. The fraction of sp³-hybridized carbons (Fsp3) is 0.409. The van der Waals surface area contributed by atoms with E-state index in [4.69, 9.17) is 18.9 Å². The number of nitrogens with one attached hydrogen (secondary N) is 1. The van der Waals surface area contributed by atoms with Crippen molar-refractivity contribution in [1.82, 2.24) is 5.32 Å². The highest BCUT2D eigenvalue weighted by Gasteiger charge is 2.15. The molecule has 0 saturated carbocycles. The Kier molecular flexibility index (Phi) is 6.63. The molecule has 28 heavy (non-hydrogen) atoms. The molecule has 6 nitrogen and oxygen atoms in total. The maximum atomic E-state index is 12.4. The maximum absolute atomic E-state index is 12.4. The van der Waals surface area contributed by atoms with Gasteiger partial charge in [-0.15, -0.1) is 0 Å². The van der Waals surface area contributed by atoms with Crippen LogP contribution in [0.4, 0.5) is 0 Å². The summed E-state index contributed by atoms with van der Waals surface area (Å²) in [4.78, 5) is 12.4. The minimum atomic E-state index is -0.126. The molecule has 0 fully saturated rings. The van der Waals surface area contributed by atoms with Gasteiger partial charge < -0.3 is 24.3 Å². The highest BCUT2D eigenvalue weighted by atomic mass is 16.7. The van der Waals surface area contributed by atoms with Gasteiger partial charge in [-0.1, -0.05) is 12.1 Å². The molecule has 3 rings (SSSR count). The van der Waals surface area contributed by atoms with Crippen LogP contribution in [0.3, 0.4) is 0 Å². The molecule has 0 spiro atoms. The summed E-state index contributed by atoms with van der Waals surface area (Å²) in [6.07, 6.45) is 1.04. The fourth-order valence-corrected chi connectivity index (χ4v) is 3.09. The van der Waals surface area contributed by atoms with Gasteiger partial charge in [0.25, 0.3) is 0 Å². The van der Waals surface area contributed by atoms with Crippen LogP contribution in [0.25, 0.3) is 0 Å². The van der Waals surface area contributed by atoms with Crippen LogP contribution < -0.4 is 24.3 Å². The Morgan fingerprint density at radius 2 is 1.79 bits per heavy atom. The van der Waals surface area contributed by atoms with Gasteiger partial charge >= 0.3 is 0 Å². The molecule has 1 amide bonds. The zero-order valence-electron chi connectivity index (χ0n) is 16.6. The molecular formula is C22H27NO5. The Labute approximate surface area is 165 Å². The van der Waals surface area contributed by atoms with Crippen LogP contribution in [0.2, 0.25) is 0 Å². The molecule has 0 bridgehead atoms. The third-order valence-corrected chi connectivity index (χ3v) is 4.52. The Morgan fingerprint density at radius 3 is 2.57 bits per heavy atom. The van der Waals surface area contributed by atoms with Gasteiger partial charge in [0.15, 0.2) is 23.0 Å². The van der Waals surface area contributed by atoms with Gasteiger partial charge in [0.05, 0.1) is 19.3 Å². The van der Waals surface area contributed by atoms with E-state index < -0.39 is 0 Å². The highest BCUT2D eigenvalue weighted by molar-refractivity contribution is 5.76. The molecule has 1 aliphatic rings. The van der Waals surface area contributed by atoms with Crippen LogP contribution in [0, 0.1) is 0 Å². The van der Waals surface area contributed by atoms with Crippen LogP contribution >= 0.6 is 0 Å². The van der Waals surface area contributed by atoms with E-state index >= 15 is 0 Å². The lowest BCUT2D eigenvalue weighted by Crippen LogP contribution is -2.26. The Balaban J connectivity index is 1.57. The molecule has 0 saturated heterocycles. The monoisotopic (exact) mass is 385 g/mol. The van der Waals surface area contributed by atoms with Crippen molar-refractivity contribution in [2.45, 2.75) is 39.7 Å². The third-order valence-electron chi connectivity index (χ3n) is 4.52. The normalized spacial score (nSPS) is 13.1. The second kappa shape index (κ2) is 9.35. The predicted molar refractivity (Wildman–Crippen MR) is 106 cm³/mol. The summed E-state index contributed by atoms with van der Waals surface area (Å²) in [5.74, 6) is 2.90. The van der Waals surface area contributed by atoms with Crippen molar-refractivity contribution in [2.24, 2.45) is 0 Å². The van der Waals surface area contributed by atoms with Gasteiger partial charge in [0.2, 0.25) is 12.7 Å². The summed E-state index contributed by atoms with van der Waals surface area (Å²) in [7, 11) is 0. The molecule has 1 aliphatic heterocycles. The lowest BCUT2D eigenvalue weighted by Gasteiger charge is -2.17. The van der Waals surface area contributed by atoms with E-state index in [-0.39, 0.29) is 18.7 Å². The first-order chi connectivity index (χ1) is 13.6. The highest BCUT2D eigenvalue weighted by Crippen LogP contribution is 2.33. The number of rotatable bonds is 9. The van der Waals surface area contributed by atoms with Crippen molar-refractivity contribution in [1.29, 1.82) is 0 Å². The van der Waals surface area contributed by atoms with Gasteiger partial charge in [-0.2, -0.15) is 0 Å². The van der Waals surface area contributed by atoms with Gasteiger partial charge in [-0.25, -0.2) is 0 Å². The molecular weight excluding hydrogens is 358 g/mol. The second-order valence-corrected chi connectivity index (χ2v) is 6.55. The number of hydrogen-bond donors (Lipinski definition) is 1. The summed E-state index contributed by atoms with van der Waals surface area (Å²) in [5, 5.41) is 3.05. The molecule has 0 aliphatic carbocycles. The summed E-state index contributed by atoms with van der Waals surface area (Å²) in [6.45, 7) is 7.22. The van der Waals surface area contributed by atoms with E-state index in [1.54, 1.807) is 0 Å². The molecule has 150 valence electrons. The van der Waals surface area contributed by atoms with Crippen LogP contribution in [0.1, 0.15) is 44.4 Å². The number of carbonyl (C=O) groups excluding carboxylic acids is 1. The second-order valence-electron chi connectivity index (χ2n) is 6.55. The van der Waals surface area contributed by atoms with E-state index in [1.807, 2.05) is 57.2 Å². The number of amides is 1. The number of fused-ring (bicyclic) bond motifs is 1. The largest absolute Gasteiger partial charge is 0.490 e. The van der Waals surface area contributed by atoms with E-state index in [9.17, 15) is 4.79 Å². The zero-order valence-corrected chi connectivity index (χ0v) is 16.6. The lowest BCUT2D eigenvalue weighted by atomic mass is 10.1. The molecule has 0 aromatic heterocycles. The van der Waals surface area contributed by atoms with Gasteiger partial charge in [-0.3, -0.25) is 4.79 Å². The number of aryl methyl sites for hydroxylation is 1. The Bertz CT molecular complexity index is 821. The molecule has 1 heterocycles. The summed E-state index contributed by atoms with van der Waals surface area (Å²) in [5.41, 5.74) is 2.02. The number of benzene rings is 2. The maximum Gasteiger partial charge on any atom is 0.231 e. The summed E-state index contributed by atoms with van der Waals surface area (Å²) >= 11 is 0. The number of ether oxygens (including phenoxy) is 4. The van der Waals surface area contributed by atoms with Crippen LogP contribution in [0.15, 0.2) is 36.4 Å². The smallest absolute Gasteiger partial charge is 0.231 e. The minimum absolute atomic E-state index is 0.00277. The first kappa shape index (κ1) is 19.9. The molecule has 1 unspecified atom stereocenters. The first-order valence-electron chi connectivity index (χ1n) is 9.68. The average molecular weight is 385 g/mol. The number of hydrogen-bond acceptors (Lipinski definition) is 5. The third kappa shape index (κ3) is 4.88. The standard InChI is InChI=1S/C22H27NO5/c1-4-25-18-10-8-17(13-21(18)26-5-2)15(3)23-22(24)11-7-16-6-9-19-20(12-16)28-14-27-19/h6,8-10,12-13,15H,4-5,7,11,14H2,1-3H3,(H,23,24). The van der Waals surface area contributed by atoms with Gasteiger partial charge in [0, 0.05) is 6.42 Å².